The van der Waals surface area contributed by atoms with E-state index in [1.807, 2.05) is 18.2 Å². The molecule has 1 aromatic heterocycles. The van der Waals surface area contributed by atoms with Crippen molar-refractivity contribution in [1.82, 2.24) is 25.9 Å². The van der Waals surface area contributed by atoms with Crippen molar-refractivity contribution < 1.29 is 0 Å². The van der Waals surface area contributed by atoms with Gasteiger partial charge in [0.15, 0.2) is 5.82 Å². The first kappa shape index (κ1) is 11.7. The van der Waals surface area contributed by atoms with Gasteiger partial charge in [-0.3, -0.25) is 0 Å². The van der Waals surface area contributed by atoms with E-state index >= 15 is 0 Å². The molecule has 0 spiro atoms. The Balaban J connectivity index is 2.11. The lowest BCUT2D eigenvalue weighted by atomic mass is 10.0. The first-order valence-electron chi connectivity index (χ1n) is 5.79. The summed E-state index contributed by atoms with van der Waals surface area (Å²) in [6.45, 7) is 4.23. The molecule has 5 nitrogen and oxygen atoms in total. The number of benzene rings is 1. The van der Waals surface area contributed by atoms with Crippen LogP contribution in [-0.4, -0.2) is 26.7 Å². The molecule has 1 heterocycles. The Bertz CT molecular complexity index is 423. The maximum absolute atomic E-state index is 3.99. The number of hydrogen-bond donors (Lipinski definition) is 2. The van der Waals surface area contributed by atoms with Gasteiger partial charge in [0.2, 0.25) is 0 Å². The summed E-state index contributed by atoms with van der Waals surface area (Å²) in [6.07, 6.45) is 0.871. The Kier molecular flexibility index (Phi) is 3.82. The molecule has 0 aliphatic heterocycles. The van der Waals surface area contributed by atoms with Gasteiger partial charge in [0.25, 0.3) is 0 Å². The molecule has 0 aliphatic rings. The SMILES string of the molecule is CC(C)N[C@@H](Cc1ccccc1)c1nnn[nH]1. The van der Waals surface area contributed by atoms with Gasteiger partial charge >= 0.3 is 0 Å². The zero-order valence-corrected chi connectivity index (χ0v) is 10.1. The van der Waals surface area contributed by atoms with Crippen LogP contribution in [0.2, 0.25) is 0 Å². The lowest BCUT2D eigenvalue weighted by molar-refractivity contribution is 0.456. The highest BCUT2D eigenvalue weighted by Crippen LogP contribution is 2.14. The predicted molar refractivity (Wildman–Crippen MR) is 65.3 cm³/mol. The first-order valence-corrected chi connectivity index (χ1v) is 5.79. The van der Waals surface area contributed by atoms with Crippen molar-refractivity contribution >= 4 is 0 Å². The molecule has 2 N–H and O–H groups in total. The first-order chi connectivity index (χ1) is 8.25. The molecule has 2 aromatic rings. The van der Waals surface area contributed by atoms with E-state index in [2.05, 4.69) is 51.9 Å². The van der Waals surface area contributed by atoms with Crippen LogP contribution in [0.15, 0.2) is 30.3 Å². The number of nitrogens with one attached hydrogen (secondary N) is 2. The Morgan fingerprint density at radius 3 is 2.59 bits per heavy atom. The van der Waals surface area contributed by atoms with Crippen molar-refractivity contribution in [3.8, 4) is 0 Å². The molecule has 0 radical (unpaired) electrons. The average Bonchev–Trinajstić information content (AvgIpc) is 2.82. The van der Waals surface area contributed by atoms with Crippen molar-refractivity contribution in [2.75, 3.05) is 0 Å². The summed E-state index contributed by atoms with van der Waals surface area (Å²) >= 11 is 0. The molecular formula is C12H17N5. The molecule has 5 heteroatoms. The Labute approximate surface area is 101 Å². The van der Waals surface area contributed by atoms with Crippen molar-refractivity contribution in [1.29, 1.82) is 0 Å². The summed E-state index contributed by atoms with van der Waals surface area (Å²) in [6, 6.07) is 10.8. The van der Waals surface area contributed by atoms with Crippen LogP contribution in [0.25, 0.3) is 0 Å². The molecule has 0 fully saturated rings. The van der Waals surface area contributed by atoms with Gasteiger partial charge in [-0.05, 0) is 22.4 Å². The fraction of sp³-hybridized carbons (Fsp3) is 0.417. The monoisotopic (exact) mass is 231 g/mol. The van der Waals surface area contributed by atoms with Crippen molar-refractivity contribution in [3.63, 3.8) is 0 Å². The van der Waals surface area contributed by atoms with Gasteiger partial charge in [-0.15, -0.1) is 5.10 Å². The molecular weight excluding hydrogens is 214 g/mol. The highest BCUT2D eigenvalue weighted by atomic mass is 15.5. The fourth-order valence-corrected chi connectivity index (χ4v) is 1.80. The third kappa shape index (κ3) is 3.35. The third-order valence-corrected chi connectivity index (χ3v) is 2.51. The smallest absolute Gasteiger partial charge is 0.165 e. The third-order valence-electron chi connectivity index (χ3n) is 2.51. The summed E-state index contributed by atoms with van der Waals surface area (Å²) in [5, 5.41) is 17.5. The topological polar surface area (TPSA) is 66.5 Å². The minimum Gasteiger partial charge on any atom is -0.305 e. The van der Waals surface area contributed by atoms with Gasteiger partial charge in [-0.2, -0.15) is 0 Å². The van der Waals surface area contributed by atoms with Gasteiger partial charge in [-0.1, -0.05) is 44.2 Å². The summed E-state index contributed by atoms with van der Waals surface area (Å²) < 4.78 is 0. The van der Waals surface area contributed by atoms with E-state index < -0.39 is 0 Å². The summed E-state index contributed by atoms with van der Waals surface area (Å²) in [5.41, 5.74) is 1.27. The summed E-state index contributed by atoms with van der Waals surface area (Å²) in [5.74, 6) is 0.780. The predicted octanol–water partition coefficient (Wildman–Crippen LogP) is 1.48. The molecule has 0 unspecified atom stereocenters. The highest BCUT2D eigenvalue weighted by Gasteiger charge is 2.16. The lowest BCUT2D eigenvalue weighted by Gasteiger charge is -2.18. The van der Waals surface area contributed by atoms with Crippen LogP contribution in [0.4, 0.5) is 0 Å². The molecule has 0 aliphatic carbocycles. The van der Waals surface area contributed by atoms with Gasteiger partial charge in [0.1, 0.15) is 0 Å². The molecule has 2 rings (SSSR count). The second-order valence-corrected chi connectivity index (χ2v) is 4.35. The molecule has 0 bridgehead atoms. The second kappa shape index (κ2) is 5.54. The normalized spacial score (nSPS) is 12.9. The maximum atomic E-state index is 3.99. The zero-order valence-electron chi connectivity index (χ0n) is 10.1. The molecule has 0 saturated heterocycles. The van der Waals surface area contributed by atoms with Gasteiger partial charge < -0.3 is 5.32 Å². The zero-order chi connectivity index (χ0) is 12.1. The van der Waals surface area contributed by atoms with Crippen LogP contribution in [0.3, 0.4) is 0 Å². The van der Waals surface area contributed by atoms with Crippen molar-refractivity contribution in [2.24, 2.45) is 0 Å². The van der Waals surface area contributed by atoms with Gasteiger partial charge in [-0.25, -0.2) is 5.10 Å². The number of H-pyrrole nitrogens is 1. The second-order valence-electron chi connectivity index (χ2n) is 4.35. The largest absolute Gasteiger partial charge is 0.305 e. The number of tetrazole rings is 1. The number of aromatic nitrogens is 4. The van der Waals surface area contributed by atoms with E-state index in [1.54, 1.807) is 0 Å². The van der Waals surface area contributed by atoms with Crippen LogP contribution in [0.5, 0.6) is 0 Å². The minimum atomic E-state index is 0.118. The van der Waals surface area contributed by atoms with Crippen molar-refractivity contribution in [2.45, 2.75) is 32.4 Å². The molecule has 17 heavy (non-hydrogen) atoms. The lowest BCUT2D eigenvalue weighted by Crippen LogP contribution is -2.30. The number of nitrogens with zero attached hydrogens (tertiary/aromatic N) is 3. The fourth-order valence-electron chi connectivity index (χ4n) is 1.80. The molecule has 1 atom stereocenters. The van der Waals surface area contributed by atoms with Crippen molar-refractivity contribution in [3.05, 3.63) is 41.7 Å². The average molecular weight is 231 g/mol. The maximum Gasteiger partial charge on any atom is 0.165 e. The van der Waals surface area contributed by atoms with Crippen LogP contribution in [0, 0.1) is 0 Å². The molecule has 0 amide bonds. The van der Waals surface area contributed by atoms with Crippen LogP contribution in [0.1, 0.15) is 31.3 Å². The van der Waals surface area contributed by atoms with E-state index in [1.165, 1.54) is 5.56 Å². The Morgan fingerprint density at radius 1 is 1.24 bits per heavy atom. The quantitative estimate of drug-likeness (QED) is 0.818. The Hall–Kier alpha value is -1.75. The van der Waals surface area contributed by atoms with Crippen LogP contribution < -0.4 is 5.32 Å². The van der Waals surface area contributed by atoms with Crippen LogP contribution in [-0.2, 0) is 6.42 Å². The summed E-state index contributed by atoms with van der Waals surface area (Å²) in [7, 11) is 0. The van der Waals surface area contributed by atoms with Crippen LogP contribution >= 0.6 is 0 Å². The van der Waals surface area contributed by atoms with E-state index in [0.29, 0.717) is 6.04 Å². The highest BCUT2D eigenvalue weighted by molar-refractivity contribution is 5.17. The number of rotatable bonds is 5. The summed E-state index contributed by atoms with van der Waals surface area (Å²) in [4.78, 5) is 0. The minimum absolute atomic E-state index is 0.118. The van der Waals surface area contributed by atoms with E-state index in [4.69, 9.17) is 0 Å². The van der Waals surface area contributed by atoms with E-state index in [-0.39, 0.29) is 6.04 Å². The number of hydrogen-bond acceptors (Lipinski definition) is 4. The van der Waals surface area contributed by atoms with Gasteiger partial charge in [0.05, 0.1) is 6.04 Å². The van der Waals surface area contributed by atoms with E-state index in [9.17, 15) is 0 Å². The molecule has 0 saturated carbocycles. The van der Waals surface area contributed by atoms with Gasteiger partial charge in [0, 0.05) is 6.04 Å². The molecule has 90 valence electrons. The Morgan fingerprint density at radius 2 is 2.00 bits per heavy atom. The molecule has 1 aromatic carbocycles. The van der Waals surface area contributed by atoms with E-state index in [0.717, 1.165) is 12.2 Å². The standard InChI is InChI=1S/C12H17N5/c1-9(2)13-11(12-14-16-17-15-12)8-10-6-4-3-5-7-10/h3-7,9,11,13H,8H2,1-2H3,(H,14,15,16,17)/t11-/m0/s1. The number of aromatic amines is 1.